The molecule has 0 saturated carbocycles. The van der Waals surface area contributed by atoms with Gasteiger partial charge in [0, 0.05) is 19.7 Å². The van der Waals surface area contributed by atoms with Crippen LogP contribution < -0.4 is 5.32 Å². The van der Waals surface area contributed by atoms with Crippen molar-refractivity contribution in [1.29, 1.82) is 0 Å². The molecule has 0 aromatic carbocycles. The molecule has 2 atom stereocenters. The lowest BCUT2D eigenvalue weighted by Gasteiger charge is -2.19. The molecule has 2 rings (SSSR count). The molecule has 0 spiro atoms. The minimum atomic E-state index is 0.530. The third-order valence-electron chi connectivity index (χ3n) is 3.54. The Morgan fingerprint density at radius 1 is 1.40 bits per heavy atom. The van der Waals surface area contributed by atoms with Crippen LogP contribution in [0.25, 0.3) is 0 Å². The number of nitrogens with zero attached hydrogens (tertiary/aromatic N) is 1. The highest BCUT2D eigenvalue weighted by Gasteiger charge is 2.25. The summed E-state index contributed by atoms with van der Waals surface area (Å²) in [6, 6.07) is 0. The van der Waals surface area contributed by atoms with Crippen LogP contribution in [0.3, 0.4) is 0 Å². The van der Waals surface area contributed by atoms with Crippen molar-refractivity contribution in [3.05, 3.63) is 0 Å². The first-order valence-corrected chi connectivity index (χ1v) is 6.43. The standard InChI is InChI=1S/C12H24N2O/c1-2-13-8-11-5-6-14(9-11)10-12-4-3-7-15-12/h11-13H,2-10H2,1H3. The van der Waals surface area contributed by atoms with Crippen molar-refractivity contribution in [3.63, 3.8) is 0 Å². The van der Waals surface area contributed by atoms with E-state index >= 15 is 0 Å². The third kappa shape index (κ3) is 3.44. The van der Waals surface area contributed by atoms with Gasteiger partial charge in [0.1, 0.15) is 0 Å². The van der Waals surface area contributed by atoms with E-state index in [1.807, 2.05) is 0 Å². The molecule has 2 heterocycles. The zero-order valence-electron chi connectivity index (χ0n) is 9.87. The Balaban J connectivity index is 1.63. The Morgan fingerprint density at radius 2 is 2.33 bits per heavy atom. The fourth-order valence-electron chi connectivity index (χ4n) is 2.67. The van der Waals surface area contributed by atoms with Gasteiger partial charge < -0.3 is 15.0 Å². The van der Waals surface area contributed by atoms with E-state index in [0.717, 1.165) is 19.1 Å². The van der Waals surface area contributed by atoms with Crippen LogP contribution in [-0.4, -0.2) is 50.3 Å². The summed E-state index contributed by atoms with van der Waals surface area (Å²) in [5, 5.41) is 3.45. The van der Waals surface area contributed by atoms with Gasteiger partial charge in [-0.25, -0.2) is 0 Å². The summed E-state index contributed by atoms with van der Waals surface area (Å²) in [6.07, 6.45) is 4.43. The summed E-state index contributed by atoms with van der Waals surface area (Å²) in [7, 11) is 0. The normalized spacial score (nSPS) is 32.6. The molecule has 3 nitrogen and oxygen atoms in total. The summed E-state index contributed by atoms with van der Waals surface area (Å²) in [5.41, 5.74) is 0. The van der Waals surface area contributed by atoms with Crippen molar-refractivity contribution in [1.82, 2.24) is 10.2 Å². The van der Waals surface area contributed by atoms with Crippen LogP contribution >= 0.6 is 0 Å². The maximum Gasteiger partial charge on any atom is 0.0702 e. The molecule has 15 heavy (non-hydrogen) atoms. The first-order chi connectivity index (χ1) is 7.38. The summed E-state index contributed by atoms with van der Waals surface area (Å²) in [6.45, 7) is 9.17. The number of hydrogen-bond acceptors (Lipinski definition) is 3. The van der Waals surface area contributed by atoms with Gasteiger partial charge in [-0.05, 0) is 44.8 Å². The second-order valence-electron chi connectivity index (χ2n) is 4.86. The minimum absolute atomic E-state index is 0.530. The molecule has 0 radical (unpaired) electrons. The predicted octanol–water partition coefficient (Wildman–Crippen LogP) is 1.10. The first-order valence-electron chi connectivity index (χ1n) is 6.43. The van der Waals surface area contributed by atoms with Gasteiger partial charge in [0.25, 0.3) is 0 Å². The number of likely N-dealkylation sites (tertiary alicyclic amines) is 1. The molecule has 0 aliphatic carbocycles. The van der Waals surface area contributed by atoms with Crippen LogP contribution in [-0.2, 0) is 4.74 Å². The number of hydrogen-bond donors (Lipinski definition) is 1. The van der Waals surface area contributed by atoms with E-state index in [1.54, 1.807) is 0 Å². The van der Waals surface area contributed by atoms with Crippen molar-refractivity contribution in [2.24, 2.45) is 5.92 Å². The highest BCUT2D eigenvalue weighted by Crippen LogP contribution is 2.19. The van der Waals surface area contributed by atoms with Crippen LogP contribution in [0, 0.1) is 5.92 Å². The lowest BCUT2D eigenvalue weighted by Crippen LogP contribution is -2.31. The molecule has 2 fully saturated rings. The fraction of sp³-hybridized carbons (Fsp3) is 1.00. The third-order valence-corrected chi connectivity index (χ3v) is 3.54. The van der Waals surface area contributed by atoms with E-state index in [9.17, 15) is 0 Å². The van der Waals surface area contributed by atoms with Gasteiger partial charge in [-0.1, -0.05) is 6.92 Å². The number of rotatable bonds is 5. The van der Waals surface area contributed by atoms with E-state index in [4.69, 9.17) is 4.74 Å². The predicted molar refractivity (Wildman–Crippen MR) is 62.1 cm³/mol. The minimum Gasteiger partial charge on any atom is -0.377 e. The molecular weight excluding hydrogens is 188 g/mol. The van der Waals surface area contributed by atoms with Crippen LogP contribution in [0.15, 0.2) is 0 Å². The lowest BCUT2D eigenvalue weighted by molar-refractivity contribution is 0.0796. The molecule has 3 heteroatoms. The molecule has 2 aliphatic heterocycles. The van der Waals surface area contributed by atoms with Gasteiger partial charge in [-0.2, -0.15) is 0 Å². The first kappa shape index (κ1) is 11.4. The SMILES string of the molecule is CCNCC1CCN(CC2CCCO2)C1. The molecule has 2 aliphatic rings. The molecular formula is C12H24N2O. The molecule has 0 bridgehead atoms. The van der Waals surface area contributed by atoms with Crippen molar-refractivity contribution < 1.29 is 4.74 Å². The molecule has 0 aromatic heterocycles. The summed E-state index contributed by atoms with van der Waals surface area (Å²) < 4.78 is 5.67. The number of nitrogens with one attached hydrogen (secondary N) is 1. The van der Waals surface area contributed by atoms with Crippen molar-refractivity contribution in [2.75, 3.05) is 39.3 Å². The molecule has 2 saturated heterocycles. The largest absolute Gasteiger partial charge is 0.377 e. The quantitative estimate of drug-likeness (QED) is 0.738. The van der Waals surface area contributed by atoms with E-state index in [1.165, 1.54) is 45.4 Å². The zero-order valence-corrected chi connectivity index (χ0v) is 9.87. The Labute approximate surface area is 93.2 Å². The van der Waals surface area contributed by atoms with E-state index in [0.29, 0.717) is 6.10 Å². The highest BCUT2D eigenvalue weighted by molar-refractivity contribution is 4.80. The van der Waals surface area contributed by atoms with E-state index in [2.05, 4.69) is 17.1 Å². The van der Waals surface area contributed by atoms with Gasteiger partial charge in [0.2, 0.25) is 0 Å². The topological polar surface area (TPSA) is 24.5 Å². The maximum atomic E-state index is 5.67. The lowest BCUT2D eigenvalue weighted by atomic mass is 10.1. The van der Waals surface area contributed by atoms with E-state index < -0.39 is 0 Å². The van der Waals surface area contributed by atoms with Gasteiger partial charge >= 0.3 is 0 Å². The van der Waals surface area contributed by atoms with Crippen molar-refractivity contribution in [2.45, 2.75) is 32.3 Å². The molecule has 0 amide bonds. The average Bonchev–Trinajstić information content (AvgIpc) is 2.87. The van der Waals surface area contributed by atoms with Crippen LogP contribution in [0.4, 0.5) is 0 Å². The summed E-state index contributed by atoms with van der Waals surface area (Å²) in [5.74, 6) is 0.867. The van der Waals surface area contributed by atoms with Gasteiger partial charge in [0.05, 0.1) is 6.10 Å². The Kier molecular flexibility index (Phi) is 4.42. The smallest absolute Gasteiger partial charge is 0.0702 e. The van der Waals surface area contributed by atoms with Gasteiger partial charge in [0.15, 0.2) is 0 Å². The molecule has 88 valence electrons. The maximum absolute atomic E-state index is 5.67. The Bertz CT molecular complexity index is 180. The van der Waals surface area contributed by atoms with Crippen molar-refractivity contribution in [3.8, 4) is 0 Å². The molecule has 2 unspecified atom stereocenters. The summed E-state index contributed by atoms with van der Waals surface area (Å²) >= 11 is 0. The van der Waals surface area contributed by atoms with Crippen LogP contribution in [0.1, 0.15) is 26.2 Å². The zero-order chi connectivity index (χ0) is 10.5. The summed E-state index contributed by atoms with van der Waals surface area (Å²) in [4.78, 5) is 2.58. The average molecular weight is 212 g/mol. The Hall–Kier alpha value is -0.120. The molecule has 0 aromatic rings. The van der Waals surface area contributed by atoms with E-state index in [-0.39, 0.29) is 0 Å². The van der Waals surface area contributed by atoms with Crippen LogP contribution in [0.2, 0.25) is 0 Å². The Morgan fingerprint density at radius 3 is 3.07 bits per heavy atom. The van der Waals surface area contributed by atoms with Crippen molar-refractivity contribution >= 4 is 0 Å². The second-order valence-corrected chi connectivity index (χ2v) is 4.86. The highest BCUT2D eigenvalue weighted by atomic mass is 16.5. The second kappa shape index (κ2) is 5.83. The monoisotopic (exact) mass is 212 g/mol. The van der Waals surface area contributed by atoms with Gasteiger partial charge in [-0.15, -0.1) is 0 Å². The van der Waals surface area contributed by atoms with Crippen LogP contribution in [0.5, 0.6) is 0 Å². The fourth-order valence-corrected chi connectivity index (χ4v) is 2.67. The van der Waals surface area contributed by atoms with Gasteiger partial charge in [-0.3, -0.25) is 0 Å². The number of ether oxygens (including phenoxy) is 1. The molecule has 1 N–H and O–H groups in total.